The Labute approximate surface area is 105 Å². The smallest absolute Gasteiger partial charge is 0.143 e. The number of aromatic nitrogens is 1. The van der Waals surface area contributed by atoms with Crippen molar-refractivity contribution in [3.8, 4) is 6.07 Å². The van der Waals surface area contributed by atoms with Crippen LogP contribution in [0.1, 0.15) is 11.3 Å². The van der Waals surface area contributed by atoms with Crippen molar-refractivity contribution in [1.82, 2.24) is 4.98 Å². The topological polar surface area (TPSA) is 48.7 Å². The van der Waals surface area contributed by atoms with Crippen LogP contribution in [0.4, 0.5) is 10.1 Å². The molecule has 2 aromatic rings. The molecule has 0 fully saturated rings. The lowest BCUT2D eigenvalue weighted by molar-refractivity contribution is 0.624. The molecule has 90 valence electrons. The third-order valence-electron chi connectivity index (χ3n) is 2.55. The van der Waals surface area contributed by atoms with E-state index in [-0.39, 0.29) is 5.56 Å². The van der Waals surface area contributed by atoms with Gasteiger partial charge in [0.05, 0.1) is 5.69 Å². The van der Waals surface area contributed by atoms with Crippen LogP contribution < -0.4 is 5.32 Å². The van der Waals surface area contributed by atoms with Crippen LogP contribution in [0, 0.1) is 17.1 Å². The maximum absolute atomic E-state index is 13.3. The fourth-order valence-corrected chi connectivity index (χ4v) is 1.66. The number of halogens is 1. The van der Waals surface area contributed by atoms with Crippen LogP contribution in [0.3, 0.4) is 0 Å². The molecule has 4 heteroatoms. The van der Waals surface area contributed by atoms with Crippen LogP contribution in [0.25, 0.3) is 0 Å². The third-order valence-corrected chi connectivity index (χ3v) is 2.55. The first kappa shape index (κ1) is 12.1. The van der Waals surface area contributed by atoms with E-state index < -0.39 is 5.82 Å². The van der Waals surface area contributed by atoms with Crippen molar-refractivity contribution < 1.29 is 4.39 Å². The number of nitrogens with zero attached hydrogens (tertiary/aromatic N) is 2. The predicted octanol–water partition coefficient (Wildman–Crippen LogP) is 2.75. The number of benzene rings is 1. The molecule has 0 unspecified atom stereocenters. The van der Waals surface area contributed by atoms with Crippen LogP contribution in [0.5, 0.6) is 0 Å². The van der Waals surface area contributed by atoms with Crippen molar-refractivity contribution in [2.24, 2.45) is 0 Å². The van der Waals surface area contributed by atoms with Gasteiger partial charge in [0.1, 0.15) is 17.4 Å². The van der Waals surface area contributed by atoms with Crippen LogP contribution in [0.15, 0.2) is 42.6 Å². The van der Waals surface area contributed by atoms with Gasteiger partial charge >= 0.3 is 0 Å². The Kier molecular flexibility index (Phi) is 3.87. The average molecular weight is 241 g/mol. The largest absolute Gasteiger partial charge is 0.383 e. The van der Waals surface area contributed by atoms with Crippen LogP contribution >= 0.6 is 0 Å². The minimum atomic E-state index is -0.500. The second kappa shape index (κ2) is 5.78. The highest BCUT2D eigenvalue weighted by Gasteiger charge is 2.06. The standard InChI is InChI=1S/C14H12FN3/c15-13-5-3-6-14(12(13)10-16)18-9-7-11-4-1-2-8-17-11/h1-6,8,18H,7,9H2. The van der Waals surface area contributed by atoms with Crippen LogP contribution in [0.2, 0.25) is 0 Å². The monoisotopic (exact) mass is 241 g/mol. The molecule has 0 atom stereocenters. The van der Waals surface area contributed by atoms with E-state index in [1.807, 2.05) is 24.3 Å². The van der Waals surface area contributed by atoms with E-state index in [0.29, 0.717) is 12.2 Å². The van der Waals surface area contributed by atoms with Crippen LogP contribution in [-0.2, 0) is 6.42 Å². The Hall–Kier alpha value is -2.41. The summed E-state index contributed by atoms with van der Waals surface area (Å²) in [6.07, 6.45) is 2.46. The Balaban J connectivity index is 1.99. The van der Waals surface area contributed by atoms with E-state index in [1.165, 1.54) is 6.07 Å². The van der Waals surface area contributed by atoms with Crippen molar-refractivity contribution in [3.63, 3.8) is 0 Å². The molecule has 2 rings (SSSR count). The molecule has 0 aliphatic carbocycles. The van der Waals surface area contributed by atoms with Gasteiger partial charge in [-0.2, -0.15) is 5.26 Å². The third kappa shape index (κ3) is 2.83. The first-order chi connectivity index (χ1) is 8.81. The lowest BCUT2D eigenvalue weighted by Gasteiger charge is -2.08. The summed E-state index contributed by atoms with van der Waals surface area (Å²) in [7, 11) is 0. The van der Waals surface area contributed by atoms with E-state index in [0.717, 1.165) is 12.1 Å². The summed E-state index contributed by atoms with van der Waals surface area (Å²) >= 11 is 0. The normalized spacial score (nSPS) is 9.78. The average Bonchev–Trinajstić information content (AvgIpc) is 2.40. The summed E-state index contributed by atoms with van der Waals surface area (Å²) in [6.45, 7) is 0.606. The zero-order valence-electron chi connectivity index (χ0n) is 9.73. The number of pyridine rings is 1. The molecule has 1 aromatic carbocycles. The highest BCUT2D eigenvalue weighted by Crippen LogP contribution is 2.17. The molecule has 18 heavy (non-hydrogen) atoms. The number of hydrogen-bond donors (Lipinski definition) is 1. The fraction of sp³-hybridized carbons (Fsp3) is 0.143. The van der Waals surface area contributed by atoms with Gasteiger partial charge in [0.15, 0.2) is 0 Å². The molecular formula is C14H12FN3. The molecule has 0 saturated heterocycles. The highest BCUT2D eigenvalue weighted by atomic mass is 19.1. The van der Waals surface area contributed by atoms with E-state index >= 15 is 0 Å². The molecule has 3 nitrogen and oxygen atoms in total. The second-order valence-electron chi connectivity index (χ2n) is 3.77. The molecule has 1 aromatic heterocycles. The molecule has 0 spiro atoms. The molecule has 0 aliphatic heterocycles. The van der Waals surface area contributed by atoms with Gasteiger partial charge in [0, 0.05) is 24.9 Å². The zero-order chi connectivity index (χ0) is 12.8. The number of rotatable bonds is 4. The van der Waals surface area contributed by atoms with E-state index in [1.54, 1.807) is 18.3 Å². The molecule has 0 amide bonds. The predicted molar refractivity (Wildman–Crippen MR) is 67.5 cm³/mol. The minimum absolute atomic E-state index is 0.0542. The fourth-order valence-electron chi connectivity index (χ4n) is 1.66. The van der Waals surface area contributed by atoms with Gasteiger partial charge in [-0.15, -0.1) is 0 Å². The van der Waals surface area contributed by atoms with Gasteiger partial charge in [0.2, 0.25) is 0 Å². The summed E-state index contributed by atoms with van der Waals surface area (Å²) in [6, 6.07) is 12.1. The number of anilines is 1. The minimum Gasteiger partial charge on any atom is -0.383 e. The number of hydrogen-bond acceptors (Lipinski definition) is 3. The lowest BCUT2D eigenvalue weighted by atomic mass is 10.1. The van der Waals surface area contributed by atoms with Crippen molar-refractivity contribution in [1.29, 1.82) is 5.26 Å². The van der Waals surface area contributed by atoms with Crippen molar-refractivity contribution in [2.45, 2.75) is 6.42 Å². The number of nitriles is 1. The molecule has 1 N–H and O–H groups in total. The summed E-state index contributed by atoms with van der Waals surface area (Å²) in [5.74, 6) is -0.500. The molecule has 0 aliphatic rings. The highest BCUT2D eigenvalue weighted by molar-refractivity contribution is 5.57. The van der Waals surface area contributed by atoms with Gasteiger partial charge < -0.3 is 5.32 Å². The summed E-state index contributed by atoms with van der Waals surface area (Å²) < 4.78 is 13.3. The number of nitrogens with one attached hydrogen (secondary N) is 1. The Morgan fingerprint density at radius 2 is 2.11 bits per heavy atom. The first-order valence-corrected chi connectivity index (χ1v) is 5.63. The summed E-state index contributed by atoms with van der Waals surface area (Å²) in [4.78, 5) is 4.19. The van der Waals surface area contributed by atoms with Gasteiger partial charge in [-0.05, 0) is 24.3 Å². The molecule has 0 saturated carbocycles. The van der Waals surface area contributed by atoms with E-state index in [9.17, 15) is 4.39 Å². The molecular weight excluding hydrogens is 229 g/mol. The van der Waals surface area contributed by atoms with Crippen molar-refractivity contribution in [3.05, 3.63) is 59.7 Å². The van der Waals surface area contributed by atoms with Crippen molar-refractivity contribution >= 4 is 5.69 Å². The van der Waals surface area contributed by atoms with E-state index in [2.05, 4.69) is 10.3 Å². The van der Waals surface area contributed by atoms with Crippen molar-refractivity contribution in [2.75, 3.05) is 11.9 Å². The molecule has 0 radical (unpaired) electrons. The Bertz CT molecular complexity index is 561. The summed E-state index contributed by atoms with van der Waals surface area (Å²) in [5, 5.41) is 11.9. The van der Waals surface area contributed by atoms with Crippen LogP contribution in [-0.4, -0.2) is 11.5 Å². The van der Waals surface area contributed by atoms with Gasteiger partial charge in [-0.1, -0.05) is 12.1 Å². The molecule has 1 heterocycles. The maximum atomic E-state index is 13.3. The first-order valence-electron chi connectivity index (χ1n) is 5.63. The zero-order valence-corrected chi connectivity index (χ0v) is 9.73. The maximum Gasteiger partial charge on any atom is 0.143 e. The van der Waals surface area contributed by atoms with Gasteiger partial charge in [0.25, 0.3) is 0 Å². The Morgan fingerprint density at radius 1 is 1.22 bits per heavy atom. The Morgan fingerprint density at radius 3 is 2.83 bits per heavy atom. The SMILES string of the molecule is N#Cc1c(F)cccc1NCCc1ccccn1. The lowest BCUT2D eigenvalue weighted by Crippen LogP contribution is -2.07. The summed E-state index contributed by atoms with van der Waals surface area (Å²) in [5.41, 5.74) is 1.53. The van der Waals surface area contributed by atoms with E-state index in [4.69, 9.17) is 5.26 Å². The molecule has 0 bridgehead atoms. The quantitative estimate of drug-likeness (QED) is 0.895. The van der Waals surface area contributed by atoms with Gasteiger partial charge in [-0.25, -0.2) is 4.39 Å². The second-order valence-corrected chi connectivity index (χ2v) is 3.77. The van der Waals surface area contributed by atoms with Gasteiger partial charge in [-0.3, -0.25) is 4.98 Å².